The van der Waals surface area contributed by atoms with Gasteiger partial charge in [-0.1, -0.05) is 48.9 Å². The maximum Gasteiger partial charge on any atom is 0.259 e. The van der Waals surface area contributed by atoms with Crippen LogP contribution in [0.25, 0.3) is 5.57 Å². The Balaban J connectivity index is 1.39. The lowest BCUT2D eigenvalue weighted by Gasteiger charge is -2.49. The second kappa shape index (κ2) is 9.53. The number of halogens is 1. The molecular weight excluding hydrogens is 522 g/mol. The van der Waals surface area contributed by atoms with Crippen LogP contribution < -0.4 is 9.80 Å². The van der Waals surface area contributed by atoms with Crippen molar-refractivity contribution in [3.8, 4) is 0 Å². The average Bonchev–Trinajstić information content (AvgIpc) is 3.20. The lowest BCUT2D eigenvalue weighted by molar-refractivity contribution is -0.114. The van der Waals surface area contributed by atoms with E-state index >= 15 is 0 Å². The zero-order chi connectivity index (χ0) is 28.4. The van der Waals surface area contributed by atoms with Crippen molar-refractivity contribution in [2.24, 2.45) is 0 Å². The third-order valence-corrected chi connectivity index (χ3v) is 9.00. The highest BCUT2D eigenvalue weighted by Crippen LogP contribution is 2.56. The molecule has 0 saturated carbocycles. The number of anilines is 2. The van der Waals surface area contributed by atoms with Gasteiger partial charge in [0.2, 0.25) is 5.95 Å². The largest absolute Gasteiger partial charge is 0.338 e. The van der Waals surface area contributed by atoms with Crippen molar-refractivity contribution >= 4 is 40.5 Å². The van der Waals surface area contributed by atoms with E-state index in [-0.39, 0.29) is 17.1 Å². The van der Waals surface area contributed by atoms with E-state index in [1.165, 1.54) is 6.08 Å². The number of allylic oxidation sites excluding steroid dienone is 1. The summed E-state index contributed by atoms with van der Waals surface area (Å²) in [5.41, 5.74) is 4.53. The summed E-state index contributed by atoms with van der Waals surface area (Å²) in [5, 5.41) is 0.692. The van der Waals surface area contributed by atoms with Crippen molar-refractivity contribution in [2.45, 2.75) is 45.1 Å². The fourth-order valence-electron chi connectivity index (χ4n) is 6.68. The van der Waals surface area contributed by atoms with Gasteiger partial charge in [0.25, 0.3) is 5.91 Å². The Labute approximate surface area is 240 Å². The number of carbonyl (C=O) groups is 2. The van der Waals surface area contributed by atoms with Crippen LogP contribution in [0, 0.1) is 6.92 Å². The number of rotatable bonds is 4. The topological polar surface area (TPSA) is 69.6 Å². The summed E-state index contributed by atoms with van der Waals surface area (Å²) in [6.45, 7) is 11.8. The van der Waals surface area contributed by atoms with Crippen LogP contribution in [0.1, 0.15) is 59.9 Å². The molecule has 4 heterocycles. The predicted octanol–water partition coefficient (Wildman–Crippen LogP) is 5.29. The van der Waals surface area contributed by atoms with E-state index in [0.717, 1.165) is 55.0 Å². The Kier molecular flexibility index (Phi) is 6.35. The minimum atomic E-state index is -0.476. The molecule has 1 saturated heterocycles. The first kappa shape index (κ1) is 26.7. The van der Waals surface area contributed by atoms with Crippen molar-refractivity contribution in [3.63, 3.8) is 0 Å². The van der Waals surface area contributed by atoms with E-state index in [4.69, 9.17) is 11.6 Å². The highest BCUT2D eigenvalue weighted by atomic mass is 35.5. The molecule has 8 heteroatoms. The lowest BCUT2D eigenvalue weighted by Crippen LogP contribution is -2.54. The first-order valence-corrected chi connectivity index (χ1v) is 14.1. The maximum absolute atomic E-state index is 14.0. The molecule has 206 valence electrons. The van der Waals surface area contributed by atoms with Crippen LogP contribution in [0.2, 0.25) is 5.02 Å². The van der Waals surface area contributed by atoms with E-state index in [1.807, 2.05) is 36.1 Å². The molecule has 3 aliphatic heterocycles. The molecule has 1 amide bonds. The smallest absolute Gasteiger partial charge is 0.259 e. The molecule has 0 radical (unpaired) electrons. The van der Waals surface area contributed by atoms with Gasteiger partial charge in [0.15, 0.2) is 5.78 Å². The molecule has 1 unspecified atom stereocenters. The van der Waals surface area contributed by atoms with E-state index in [2.05, 4.69) is 65.8 Å². The summed E-state index contributed by atoms with van der Waals surface area (Å²) in [6, 6.07) is 14.0. The number of hydrogen-bond acceptors (Lipinski definition) is 6. The van der Waals surface area contributed by atoms with Gasteiger partial charge in [-0.15, -0.1) is 0 Å². The lowest BCUT2D eigenvalue weighted by atomic mass is 9.65. The Bertz CT molecular complexity index is 1560. The van der Waals surface area contributed by atoms with Crippen molar-refractivity contribution in [1.82, 2.24) is 14.9 Å². The molecule has 3 aromatic rings. The van der Waals surface area contributed by atoms with Crippen LogP contribution in [0.3, 0.4) is 0 Å². The number of nitrogens with zero attached hydrogens (tertiary/aromatic N) is 5. The fraction of sp³-hybridized carbons (Fsp3) is 0.375. The molecule has 3 aliphatic rings. The molecule has 1 fully saturated rings. The predicted molar refractivity (Wildman–Crippen MR) is 159 cm³/mol. The van der Waals surface area contributed by atoms with Gasteiger partial charge in [-0.3, -0.25) is 9.59 Å². The minimum absolute atomic E-state index is 0.147. The van der Waals surface area contributed by atoms with Gasteiger partial charge in [-0.2, -0.15) is 0 Å². The maximum atomic E-state index is 14.0. The molecular formula is C32H34ClN5O2. The molecule has 6 rings (SSSR count). The van der Waals surface area contributed by atoms with Crippen molar-refractivity contribution in [3.05, 3.63) is 87.7 Å². The summed E-state index contributed by atoms with van der Waals surface area (Å²) < 4.78 is 0. The number of para-hydroxylation sites is 1. The second-order valence-electron chi connectivity index (χ2n) is 12.1. The number of ketones is 1. The van der Waals surface area contributed by atoms with E-state index in [9.17, 15) is 9.59 Å². The standard InChI is InChI=1S/C32H34ClN5O2/c1-20-25(18-34-30(35-20)37-15-13-36(5)14-16-37)27(39)17-24-23-7-6-8-26-28(23)38(29(24)40)31(2,3)19-32(26,4)21-9-11-22(33)12-10-21/h6-12,17-18H,13-16,19H2,1-5H3/b24-17+. The number of carbonyl (C=O) groups excluding carboxylic acids is 2. The Morgan fingerprint density at radius 3 is 2.40 bits per heavy atom. The van der Waals surface area contributed by atoms with Crippen LogP contribution in [0.15, 0.2) is 54.7 Å². The number of aryl methyl sites for hydroxylation is 1. The number of aromatic nitrogens is 2. The molecule has 40 heavy (non-hydrogen) atoms. The molecule has 1 aromatic heterocycles. The summed E-state index contributed by atoms with van der Waals surface area (Å²) in [6.07, 6.45) is 3.81. The monoisotopic (exact) mass is 555 g/mol. The number of likely N-dealkylation sites (N-methyl/N-ethyl adjacent to an activating group) is 1. The highest BCUT2D eigenvalue weighted by Gasteiger charge is 2.52. The summed E-state index contributed by atoms with van der Waals surface area (Å²) in [7, 11) is 2.10. The molecule has 0 N–H and O–H groups in total. The van der Waals surface area contributed by atoms with Gasteiger partial charge in [0.05, 0.1) is 22.5 Å². The number of benzene rings is 2. The van der Waals surface area contributed by atoms with E-state index in [1.54, 1.807) is 6.20 Å². The normalized spacial score (nSPS) is 23.1. The number of hydrogen-bond donors (Lipinski definition) is 0. The fourth-order valence-corrected chi connectivity index (χ4v) is 6.81. The summed E-state index contributed by atoms with van der Waals surface area (Å²) in [5.74, 6) is 0.232. The Morgan fingerprint density at radius 1 is 1.02 bits per heavy atom. The third-order valence-electron chi connectivity index (χ3n) is 8.74. The van der Waals surface area contributed by atoms with E-state index in [0.29, 0.717) is 27.8 Å². The first-order valence-electron chi connectivity index (χ1n) is 13.8. The van der Waals surface area contributed by atoms with Gasteiger partial charge in [-0.25, -0.2) is 9.97 Å². The molecule has 7 nitrogen and oxygen atoms in total. The van der Waals surface area contributed by atoms with Crippen LogP contribution in [0.5, 0.6) is 0 Å². The van der Waals surface area contributed by atoms with Crippen molar-refractivity contribution in [1.29, 1.82) is 0 Å². The zero-order valence-corrected chi connectivity index (χ0v) is 24.4. The van der Waals surface area contributed by atoms with Gasteiger partial charge in [0.1, 0.15) is 0 Å². The zero-order valence-electron chi connectivity index (χ0n) is 23.7. The number of amides is 1. The average molecular weight is 556 g/mol. The molecule has 0 aliphatic carbocycles. The highest BCUT2D eigenvalue weighted by molar-refractivity contribution is 6.37. The van der Waals surface area contributed by atoms with Crippen LogP contribution in [0.4, 0.5) is 11.6 Å². The SMILES string of the molecule is Cc1nc(N2CCN(C)CC2)ncc1C(=O)/C=C1/C(=O)N2c3c1cccc3C(C)(c1ccc(Cl)cc1)CC2(C)C. The second-order valence-corrected chi connectivity index (χ2v) is 12.5. The van der Waals surface area contributed by atoms with Crippen LogP contribution in [-0.4, -0.2) is 65.3 Å². The number of piperazine rings is 1. The Morgan fingerprint density at radius 2 is 1.73 bits per heavy atom. The molecule has 0 spiro atoms. The van der Waals surface area contributed by atoms with Crippen LogP contribution >= 0.6 is 11.6 Å². The third kappa shape index (κ3) is 4.23. The van der Waals surface area contributed by atoms with Gasteiger partial charge in [0, 0.05) is 53.9 Å². The van der Waals surface area contributed by atoms with Crippen molar-refractivity contribution < 1.29 is 9.59 Å². The van der Waals surface area contributed by atoms with Gasteiger partial charge in [-0.05, 0) is 63.6 Å². The Hall–Kier alpha value is -3.55. The van der Waals surface area contributed by atoms with Gasteiger partial charge >= 0.3 is 0 Å². The minimum Gasteiger partial charge on any atom is -0.338 e. The molecule has 1 atom stereocenters. The quantitative estimate of drug-likeness (QED) is 0.322. The van der Waals surface area contributed by atoms with Crippen LogP contribution in [-0.2, 0) is 10.2 Å². The summed E-state index contributed by atoms with van der Waals surface area (Å²) >= 11 is 6.21. The molecule has 0 bridgehead atoms. The molecule has 2 aromatic carbocycles. The van der Waals surface area contributed by atoms with Crippen molar-refractivity contribution in [2.75, 3.05) is 43.0 Å². The first-order chi connectivity index (χ1) is 19.0. The summed E-state index contributed by atoms with van der Waals surface area (Å²) in [4.78, 5) is 43.0. The van der Waals surface area contributed by atoms with E-state index < -0.39 is 5.54 Å². The van der Waals surface area contributed by atoms with Gasteiger partial charge < -0.3 is 14.7 Å².